The number of furan rings is 1. The summed E-state index contributed by atoms with van der Waals surface area (Å²) in [6.45, 7) is 8.44. The summed E-state index contributed by atoms with van der Waals surface area (Å²) in [7, 11) is 0. The van der Waals surface area contributed by atoms with Crippen molar-refractivity contribution in [2.75, 3.05) is 32.7 Å². The highest BCUT2D eigenvalue weighted by Crippen LogP contribution is 2.42. The molecule has 2 aliphatic rings. The van der Waals surface area contributed by atoms with Crippen LogP contribution in [0.3, 0.4) is 0 Å². The average molecular weight is 406 g/mol. The maximum atomic E-state index is 13.3. The number of carbonyl (C=O) groups is 1. The fourth-order valence-corrected chi connectivity index (χ4v) is 4.03. The molecule has 0 atom stereocenters. The Morgan fingerprint density at radius 1 is 1.17 bits per heavy atom. The van der Waals surface area contributed by atoms with Crippen molar-refractivity contribution in [3.05, 3.63) is 47.6 Å². The first-order chi connectivity index (χ1) is 14.6. The second kappa shape index (κ2) is 7.68. The zero-order valence-electron chi connectivity index (χ0n) is 17.4. The molecule has 1 aliphatic heterocycles. The zero-order valence-corrected chi connectivity index (χ0v) is 17.4. The molecule has 0 unspecified atom stereocenters. The van der Waals surface area contributed by atoms with Crippen LogP contribution in [0.5, 0.6) is 0 Å². The summed E-state index contributed by atoms with van der Waals surface area (Å²) < 4.78 is 7.45. The number of rotatable bonds is 5. The highest BCUT2D eigenvalue weighted by Gasteiger charge is 2.35. The second-order valence-electron chi connectivity index (χ2n) is 8.01. The molecular formula is C22H26N6O2. The van der Waals surface area contributed by atoms with E-state index < -0.39 is 0 Å². The first-order valence-corrected chi connectivity index (χ1v) is 10.6. The van der Waals surface area contributed by atoms with Gasteiger partial charge in [-0.15, -0.1) is 0 Å². The molecule has 2 fully saturated rings. The maximum Gasteiger partial charge on any atom is 0.257 e. The van der Waals surface area contributed by atoms with Gasteiger partial charge in [0.25, 0.3) is 11.9 Å². The first kappa shape index (κ1) is 19.0. The molecule has 3 aromatic heterocycles. The Balaban J connectivity index is 1.46. The Morgan fingerprint density at radius 3 is 2.63 bits per heavy atom. The van der Waals surface area contributed by atoms with E-state index in [0.29, 0.717) is 28.9 Å². The van der Waals surface area contributed by atoms with Crippen LogP contribution in [0.2, 0.25) is 0 Å². The molecule has 5 rings (SSSR count). The maximum absolute atomic E-state index is 13.3. The molecular weight excluding hydrogens is 380 g/mol. The molecule has 8 heteroatoms. The van der Waals surface area contributed by atoms with Gasteiger partial charge >= 0.3 is 0 Å². The van der Waals surface area contributed by atoms with Gasteiger partial charge in [0.2, 0.25) is 0 Å². The van der Waals surface area contributed by atoms with Crippen molar-refractivity contribution >= 4 is 5.91 Å². The number of amides is 1. The van der Waals surface area contributed by atoms with Crippen LogP contribution in [-0.4, -0.2) is 68.2 Å². The van der Waals surface area contributed by atoms with E-state index >= 15 is 0 Å². The molecule has 1 saturated carbocycles. The Morgan fingerprint density at radius 2 is 1.97 bits per heavy atom. The minimum absolute atomic E-state index is 0.0664. The van der Waals surface area contributed by atoms with Crippen LogP contribution in [-0.2, 0) is 0 Å². The molecule has 4 heterocycles. The lowest BCUT2D eigenvalue weighted by Gasteiger charge is -2.34. The van der Waals surface area contributed by atoms with E-state index in [1.807, 2.05) is 30.0 Å². The molecule has 3 aromatic rings. The van der Waals surface area contributed by atoms with Gasteiger partial charge in [0, 0.05) is 38.3 Å². The normalized spacial score (nSPS) is 17.5. The number of aromatic nitrogens is 4. The van der Waals surface area contributed by atoms with Gasteiger partial charge in [-0.05, 0) is 44.5 Å². The summed E-state index contributed by atoms with van der Waals surface area (Å²) in [5.41, 5.74) is 2.32. The van der Waals surface area contributed by atoms with E-state index in [4.69, 9.17) is 4.42 Å². The number of likely N-dealkylation sites (N-methyl/N-ethyl adjacent to an activating group) is 1. The molecule has 0 spiro atoms. The van der Waals surface area contributed by atoms with Gasteiger partial charge in [-0.1, -0.05) is 6.92 Å². The van der Waals surface area contributed by atoms with Crippen LogP contribution >= 0.6 is 0 Å². The van der Waals surface area contributed by atoms with Crippen molar-refractivity contribution in [1.82, 2.24) is 29.5 Å². The van der Waals surface area contributed by atoms with E-state index in [2.05, 4.69) is 26.9 Å². The molecule has 1 aliphatic carbocycles. The highest BCUT2D eigenvalue weighted by atomic mass is 16.3. The number of hydrogen-bond acceptors (Lipinski definition) is 6. The quantitative estimate of drug-likeness (QED) is 0.648. The molecule has 30 heavy (non-hydrogen) atoms. The molecule has 0 N–H and O–H groups in total. The van der Waals surface area contributed by atoms with Gasteiger partial charge in [-0.2, -0.15) is 5.10 Å². The number of carbonyl (C=O) groups excluding carboxylic acids is 1. The summed E-state index contributed by atoms with van der Waals surface area (Å²) in [5, 5.41) is 4.54. The third-order valence-electron chi connectivity index (χ3n) is 5.93. The summed E-state index contributed by atoms with van der Waals surface area (Å²) in [6, 6.07) is 5.63. The molecule has 8 nitrogen and oxygen atoms in total. The Bertz CT molecular complexity index is 1060. The monoisotopic (exact) mass is 406 g/mol. The van der Waals surface area contributed by atoms with E-state index in [0.717, 1.165) is 57.0 Å². The first-order valence-electron chi connectivity index (χ1n) is 10.6. The van der Waals surface area contributed by atoms with Crippen LogP contribution in [0.15, 0.2) is 35.0 Å². The van der Waals surface area contributed by atoms with Gasteiger partial charge in [0.1, 0.15) is 11.5 Å². The predicted molar refractivity (Wildman–Crippen MR) is 112 cm³/mol. The Kier molecular flexibility index (Phi) is 4.86. The summed E-state index contributed by atoms with van der Waals surface area (Å²) in [4.78, 5) is 26.7. The standard InChI is InChI=1S/C22H26N6O2/c1-3-26-10-12-27(13-11-26)21(29)17-14-24-28(20(17)16-5-6-16)22-23-9-8-18(25-22)19-7-4-15(2)30-19/h4,7-9,14,16H,3,5-6,10-13H2,1-2H3. The van der Waals surface area contributed by atoms with Crippen molar-refractivity contribution in [1.29, 1.82) is 0 Å². The average Bonchev–Trinajstić information content (AvgIpc) is 3.37. The number of hydrogen-bond donors (Lipinski definition) is 0. The summed E-state index contributed by atoms with van der Waals surface area (Å²) >= 11 is 0. The van der Waals surface area contributed by atoms with Gasteiger partial charge in [0.05, 0.1) is 17.5 Å². The highest BCUT2D eigenvalue weighted by molar-refractivity contribution is 5.95. The minimum atomic E-state index is 0.0664. The van der Waals surface area contributed by atoms with Crippen LogP contribution in [0.25, 0.3) is 17.4 Å². The van der Waals surface area contributed by atoms with Crippen molar-refractivity contribution in [3.8, 4) is 17.4 Å². The molecule has 0 aromatic carbocycles. The summed E-state index contributed by atoms with van der Waals surface area (Å²) in [5.74, 6) is 2.40. The molecule has 0 radical (unpaired) electrons. The number of aryl methyl sites for hydroxylation is 1. The fraction of sp³-hybridized carbons (Fsp3) is 0.455. The second-order valence-corrected chi connectivity index (χ2v) is 8.01. The predicted octanol–water partition coefficient (Wildman–Crippen LogP) is 2.89. The van der Waals surface area contributed by atoms with Crippen molar-refractivity contribution in [2.24, 2.45) is 0 Å². The third kappa shape index (κ3) is 3.52. The van der Waals surface area contributed by atoms with Crippen LogP contribution in [0, 0.1) is 6.92 Å². The fourth-order valence-electron chi connectivity index (χ4n) is 4.03. The third-order valence-corrected chi connectivity index (χ3v) is 5.93. The van der Waals surface area contributed by atoms with Gasteiger partial charge in [0.15, 0.2) is 5.76 Å². The SMILES string of the molecule is CCN1CCN(C(=O)c2cnn(-c3nccc(-c4ccc(C)o4)n3)c2C2CC2)CC1. The van der Waals surface area contributed by atoms with E-state index in [-0.39, 0.29) is 5.91 Å². The lowest BCUT2D eigenvalue weighted by atomic mass is 10.1. The van der Waals surface area contributed by atoms with Crippen LogP contribution in [0.4, 0.5) is 0 Å². The number of piperazine rings is 1. The lowest BCUT2D eigenvalue weighted by Crippen LogP contribution is -2.48. The smallest absolute Gasteiger partial charge is 0.257 e. The minimum Gasteiger partial charge on any atom is -0.460 e. The van der Waals surface area contributed by atoms with Crippen molar-refractivity contribution in [2.45, 2.75) is 32.6 Å². The largest absolute Gasteiger partial charge is 0.460 e. The molecule has 156 valence electrons. The molecule has 0 bridgehead atoms. The Hall–Kier alpha value is -3.00. The van der Waals surface area contributed by atoms with Crippen LogP contribution in [0.1, 0.15) is 47.5 Å². The van der Waals surface area contributed by atoms with Crippen LogP contribution < -0.4 is 0 Å². The van der Waals surface area contributed by atoms with Gasteiger partial charge < -0.3 is 14.2 Å². The zero-order chi connectivity index (χ0) is 20.7. The van der Waals surface area contributed by atoms with E-state index in [1.165, 1.54) is 0 Å². The molecule has 1 amide bonds. The van der Waals surface area contributed by atoms with Gasteiger partial charge in [-0.3, -0.25) is 4.79 Å². The molecule has 1 saturated heterocycles. The van der Waals surface area contributed by atoms with E-state index in [1.54, 1.807) is 17.1 Å². The van der Waals surface area contributed by atoms with Gasteiger partial charge in [-0.25, -0.2) is 14.6 Å². The lowest BCUT2D eigenvalue weighted by molar-refractivity contribution is 0.0642. The van der Waals surface area contributed by atoms with Crippen molar-refractivity contribution in [3.63, 3.8) is 0 Å². The number of nitrogens with zero attached hydrogens (tertiary/aromatic N) is 6. The topological polar surface area (TPSA) is 80.3 Å². The van der Waals surface area contributed by atoms with E-state index in [9.17, 15) is 4.79 Å². The van der Waals surface area contributed by atoms with Crippen molar-refractivity contribution < 1.29 is 9.21 Å². The summed E-state index contributed by atoms with van der Waals surface area (Å²) in [6.07, 6.45) is 5.52. The Labute approximate surface area is 175 Å².